The molecule has 0 saturated carbocycles. The summed E-state index contributed by atoms with van der Waals surface area (Å²) >= 11 is 6.45. The number of rotatable bonds is 6. The lowest BCUT2D eigenvalue weighted by Gasteiger charge is -2.41. The van der Waals surface area contributed by atoms with E-state index >= 15 is 0 Å². The van der Waals surface area contributed by atoms with Crippen LogP contribution in [-0.2, 0) is 17.8 Å². The van der Waals surface area contributed by atoms with E-state index in [2.05, 4.69) is 21.2 Å². The molecule has 1 atom stereocenters. The highest BCUT2D eigenvalue weighted by Crippen LogP contribution is 2.38. The summed E-state index contributed by atoms with van der Waals surface area (Å²) < 4.78 is 34.4. The molecule has 0 N–H and O–H groups in total. The van der Waals surface area contributed by atoms with Crippen molar-refractivity contribution in [3.05, 3.63) is 76.3 Å². The fourth-order valence-electron chi connectivity index (χ4n) is 6.06. The predicted octanol–water partition coefficient (Wildman–Crippen LogP) is 4.10. The van der Waals surface area contributed by atoms with Gasteiger partial charge in [0.25, 0.3) is 5.91 Å². The van der Waals surface area contributed by atoms with Crippen molar-refractivity contribution in [2.75, 3.05) is 62.7 Å². The van der Waals surface area contributed by atoms with E-state index in [-0.39, 0.29) is 30.2 Å². The van der Waals surface area contributed by atoms with E-state index in [1.165, 1.54) is 11.0 Å². The van der Waals surface area contributed by atoms with Crippen LogP contribution < -0.4 is 14.5 Å². The summed E-state index contributed by atoms with van der Waals surface area (Å²) in [7, 11) is 2.01. The van der Waals surface area contributed by atoms with Crippen molar-refractivity contribution >= 4 is 39.8 Å². The predicted molar refractivity (Wildman–Crippen MR) is 157 cm³/mol. The molecule has 2 fully saturated rings. The first-order chi connectivity index (χ1) is 20.2. The summed E-state index contributed by atoms with van der Waals surface area (Å²) in [6.07, 6.45) is 0.578. The highest BCUT2D eigenvalue weighted by atomic mass is 35.5. The molecule has 2 saturated heterocycles. The maximum absolute atomic E-state index is 14.5. The Morgan fingerprint density at radius 3 is 2.71 bits per heavy atom. The van der Waals surface area contributed by atoms with Crippen LogP contribution in [-0.4, -0.2) is 90.7 Å². The summed E-state index contributed by atoms with van der Waals surface area (Å²) in [5, 5.41) is 1.59. The van der Waals surface area contributed by atoms with Crippen LogP contribution in [0.15, 0.2) is 42.7 Å². The minimum atomic E-state index is -1.03. The Morgan fingerprint density at radius 1 is 1.17 bits per heavy atom. The summed E-state index contributed by atoms with van der Waals surface area (Å²) in [4.78, 5) is 33.3. The molecule has 0 unspecified atom stereocenters. The minimum absolute atomic E-state index is 0.0275. The Morgan fingerprint density at radius 2 is 1.98 bits per heavy atom. The van der Waals surface area contributed by atoms with Crippen LogP contribution >= 0.6 is 11.6 Å². The van der Waals surface area contributed by atoms with E-state index in [9.17, 15) is 13.6 Å². The van der Waals surface area contributed by atoms with Gasteiger partial charge in [0.1, 0.15) is 23.8 Å². The van der Waals surface area contributed by atoms with Crippen molar-refractivity contribution in [3.8, 4) is 6.01 Å². The molecular weight excluding hydrogens is 564 g/mol. The largest absolute Gasteiger partial charge is 0.457 e. The number of amides is 1. The summed E-state index contributed by atoms with van der Waals surface area (Å²) in [6.45, 7) is 14.1. The van der Waals surface area contributed by atoms with Crippen LogP contribution in [0.3, 0.4) is 0 Å². The van der Waals surface area contributed by atoms with Crippen LogP contribution in [0.5, 0.6) is 6.01 Å². The number of hydrogen-bond acceptors (Lipinski definition) is 7. The van der Waals surface area contributed by atoms with Crippen LogP contribution in [0.25, 0.3) is 15.6 Å². The molecule has 6 rings (SSSR count). The zero-order valence-corrected chi connectivity index (χ0v) is 23.9. The third-order valence-corrected chi connectivity index (χ3v) is 8.53. The molecule has 1 aromatic heterocycles. The van der Waals surface area contributed by atoms with Crippen molar-refractivity contribution in [1.82, 2.24) is 19.8 Å². The maximum Gasteiger partial charge on any atom is 0.319 e. The normalized spacial score (nSPS) is 19.3. The molecule has 9 nitrogen and oxygen atoms in total. The first kappa shape index (κ1) is 28.1. The highest BCUT2D eigenvalue weighted by Gasteiger charge is 2.37. The van der Waals surface area contributed by atoms with Gasteiger partial charge in [0.2, 0.25) is 6.54 Å². The van der Waals surface area contributed by atoms with Gasteiger partial charge in [-0.05, 0) is 31.0 Å². The number of carbonyl (C=O) groups excluding carboxylic acids is 1. The molecule has 3 aliphatic heterocycles. The van der Waals surface area contributed by atoms with E-state index in [4.69, 9.17) is 32.9 Å². The van der Waals surface area contributed by atoms with Crippen LogP contribution in [0.4, 0.5) is 20.3 Å². The second kappa shape index (κ2) is 11.3. The van der Waals surface area contributed by atoms with Gasteiger partial charge in [-0.3, -0.25) is 9.69 Å². The van der Waals surface area contributed by atoms with E-state index in [0.717, 1.165) is 35.4 Å². The fourth-order valence-corrected chi connectivity index (χ4v) is 6.33. The zero-order chi connectivity index (χ0) is 29.5. The average molecular weight is 594 g/mol. The van der Waals surface area contributed by atoms with E-state index in [1.54, 1.807) is 6.07 Å². The minimum Gasteiger partial charge on any atom is -0.457 e. The number of ether oxygens (including phenoxy) is 1. The molecule has 0 aliphatic carbocycles. The van der Waals surface area contributed by atoms with Crippen molar-refractivity contribution in [2.24, 2.45) is 0 Å². The van der Waals surface area contributed by atoms with Gasteiger partial charge in [-0.25, -0.2) is 15.4 Å². The Kier molecular flexibility index (Phi) is 7.60. The molecule has 0 radical (unpaired) electrons. The topological polar surface area (TPSA) is 69.4 Å². The lowest BCUT2D eigenvalue weighted by atomic mass is 10.0. The third-order valence-electron chi connectivity index (χ3n) is 8.16. The smallest absolute Gasteiger partial charge is 0.319 e. The van der Waals surface area contributed by atoms with Crippen molar-refractivity contribution in [2.45, 2.75) is 25.1 Å². The van der Waals surface area contributed by atoms with Crippen LogP contribution in [0.2, 0.25) is 5.02 Å². The molecule has 12 heteroatoms. The first-order valence-electron chi connectivity index (χ1n) is 13.8. The number of anilines is 2. The van der Waals surface area contributed by atoms with E-state index in [1.807, 2.05) is 30.1 Å². The molecule has 0 spiro atoms. The number of nitrogens with zero attached hydrogens (tertiary/aromatic N) is 7. The molecule has 2 aromatic carbocycles. The lowest BCUT2D eigenvalue weighted by molar-refractivity contribution is -0.131. The molecule has 218 valence electrons. The van der Waals surface area contributed by atoms with Crippen molar-refractivity contribution in [1.29, 1.82) is 0 Å². The number of likely N-dealkylation sites (tertiary alicyclic amines) is 1. The number of halogens is 3. The zero-order valence-electron chi connectivity index (χ0n) is 23.2. The third kappa shape index (κ3) is 5.21. The molecular formula is C30H30ClF2N7O2. The lowest BCUT2D eigenvalue weighted by Crippen LogP contribution is -2.57. The second-order valence-electron chi connectivity index (χ2n) is 11.0. The monoisotopic (exact) mass is 593 g/mol. The Hall–Kier alpha value is -4.01. The Labute approximate surface area is 247 Å². The number of hydrogen-bond donors (Lipinski definition) is 0. The molecule has 42 heavy (non-hydrogen) atoms. The van der Waals surface area contributed by atoms with Gasteiger partial charge >= 0.3 is 6.01 Å². The van der Waals surface area contributed by atoms with Gasteiger partial charge < -0.3 is 24.3 Å². The average Bonchev–Trinajstić information content (AvgIpc) is 2.97. The van der Waals surface area contributed by atoms with Crippen LogP contribution in [0, 0.1) is 12.4 Å². The van der Waals surface area contributed by atoms with E-state index in [0.29, 0.717) is 43.8 Å². The number of fused-ring (bicyclic) bond motifs is 2. The van der Waals surface area contributed by atoms with Gasteiger partial charge in [-0.15, -0.1) is 0 Å². The number of benzene rings is 2. The quantitative estimate of drug-likeness (QED) is 0.315. The summed E-state index contributed by atoms with van der Waals surface area (Å²) in [6, 6.07) is 8.63. The van der Waals surface area contributed by atoms with Gasteiger partial charge in [0.05, 0.1) is 17.3 Å². The number of carbonyl (C=O) groups is 1. The standard InChI is InChI=1S/C30H30ClF2N7O2/c1-18(32)29(41)40-12-11-39(14-20(40)13-34-2)28-22-9-10-38(17-24(22)35-30(36-28)42-21-15-37(3)16-21)25-6-4-5-19-7-8-23(33)27(31)26(19)25/h4-8,20-21H,1,9-17H2,3H3/t20-/m0/s1. The van der Waals surface area contributed by atoms with E-state index < -0.39 is 23.6 Å². The first-order valence-corrected chi connectivity index (χ1v) is 14.2. The summed E-state index contributed by atoms with van der Waals surface area (Å²) in [5.74, 6) is -1.59. The highest BCUT2D eigenvalue weighted by molar-refractivity contribution is 6.36. The molecule has 3 aromatic rings. The Bertz CT molecular complexity index is 1610. The van der Waals surface area contributed by atoms with Crippen molar-refractivity contribution < 1.29 is 18.3 Å². The van der Waals surface area contributed by atoms with Gasteiger partial charge in [0, 0.05) is 55.9 Å². The fraction of sp³-hybridized carbons (Fsp3) is 0.400. The maximum atomic E-state index is 14.5. The SMILES string of the molecule is [C-]#[N+]C[C@H]1CN(c2nc(OC3CN(C)C3)nc3c2CCN(c2cccc4ccc(F)c(Cl)c24)C3)CCN1C(=O)C(=C)F. The van der Waals surface area contributed by atoms with Gasteiger partial charge in [-0.2, -0.15) is 9.97 Å². The molecule has 1 amide bonds. The van der Waals surface area contributed by atoms with Crippen molar-refractivity contribution in [3.63, 3.8) is 0 Å². The van der Waals surface area contributed by atoms with Gasteiger partial charge in [-0.1, -0.05) is 36.4 Å². The summed E-state index contributed by atoms with van der Waals surface area (Å²) in [5.41, 5.74) is 2.57. The number of likely N-dealkylation sites (N-methyl/N-ethyl adjacent to an activating group) is 1. The second-order valence-corrected chi connectivity index (χ2v) is 11.3. The molecule has 0 bridgehead atoms. The number of aromatic nitrogens is 2. The van der Waals surface area contributed by atoms with Gasteiger partial charge in [0.15, 0.2) is 5.83 Å². The Balaban J connectivity index is 1.35. The van der Waals surface area contributed by atoms with Crippen LogP contribution in [0.1, 0.15) is 11.3 Å². The molecule has 3 aliphatic rings. The molecule has 4 heterocycles. The number of piperazine rings is 1.